The average molecular weight is 777 g/mol. The van der Waals surface area contributed by atoms with Crippen LogP contribution in [0.4, 0.5) is 18.0 Å². The summed E-state index contributed by atoms with van der Waals surface area (Å²) in [5.74, 6) is -3.02. The van der Waals surface area contributed by atoms with Crippen LogP contribution in [-0.2, 0) is 49.0 Å². The molecular formula is C38H51F3N6O8. The van der Waals surface area contributed by atoms with Crippen molar-refractivity contribution < 1.29 is 51.7 Å². The molecule has 0 radical (unpaired) electrons. The van der Waals surface area contributed by atoms with Gasteiger partial charge in [-0.05, 0) is 70.2 Å². The van der Waals surface area contributed by atoms with Crippen LogP contribution in [0.15, 0.2) is 60.8 Å². The largest absolute Gasteiger partial charge is 0.497 e. The second kappa shape index (κ2) is 18.0. The van der Waals surface area contributed by atoms with Crippen molar-refractivity contribution >= 4 is 23.9 Å². The van der Waals surface area contributed by atoms with Crippen LogP contribution in [0.5, 0.6) is 5.75 Å². The van der Waals surface area contributed by atoms with Gasteiger partial charge in [-0.1, -0.05) is 67.9 Å². The van der Waals surface area contributed by atoms with Crippen molar-refractivity contribution in [2.45, 2.75) is 109 Å². The van der Waals surface area contributed by atoms with E-state index in [-0.39, 0.29) is 25.4 Å². The Balaban J connectivity index is 2.05. The van der Waals surface area contributed by atoms with Crippen molar-refractivity contribution in [2.75, 3.05) is 14.2 Å². The third-order valence-electron chi connectivity index (χ3n) is 9.02. The lowest BCUT2D eigenvalue weighted by molar-refractivity contribution is -0.268. The van der Waals surface area contributed by atoms with E-state index in [1.54, 1.807) is 82.3 Å². The van der Waals surface area contributed by atoms with Gasteiger partial charge in [0.05, 0.1) is 33.0 Å². The highest BCUT2D eigenvalue weighted by molar-refractivity contribution is 5.94. The lowest BCUT2D eigenvalue weighted by Crippen LogP contribution is -2.63. The molecule has 55 heavy (non-hydrogen) atoms. The van der Waals surface area contributed by atoms with Crippen LogP contribution in [0.1, 0.15) is 71.7 Å². The van der Waals surface area contributed by atoms with Crippen molar-refractivity contribution in [1.29, 1.82) is 0 Å². The molecule has 3 amide bonds. The Morgan fingerprint density at radius 1 is 0.927 bits per heavy atom. The summed E-state index contributed by atoms with van der Waals surface area (Å²) in [5, 5.41) is 23.2. The van der Waals surface area contributed by atoms with E-state index in [4.69, 9.17) is 9.47 Å². The monoisotopic (exact) mass is 776 g/mol. The number of benzene rings is 2. The zero-order valence-corrected chi connectivity index (χ0v) is 32.6. The number of hydrogen-bond donors (Lipinski definition) is 3. The first kappa shape index (κ1) is 44.2. The summed E-state index contributed by atoms with van der Waals surface area (Å²) in [6.07, 6.45) is -4.90. The Morgan fingerprint density at radius 2 is 1.55 bits per heavy atom. The molecule has 0 aliphatic heterocycles. The first-order valence-electron chi connectivity index (χ1n) is 17.6. The number of halogens is 3. The van der Waals surface area contributed by atoms with Crippen LogP contribution < -0.4 is 15.4 Å². The molecule has 4 atom stereocenters. The Hall–Kier alpha value is -5.19. The van der Waals surface area contributed by atoms with Gasteiger partial charge in [0.2, 0.25) is 11.8 Å². The summed E-state index contributed by atoms with van der Waals surface area (Å²) < 4.78 is 57.8. The minimum absolute atomic E-state index is 0.0640. The molecule has 1 unspecified atom stereocenters. The average Bonchev–Trinajstić information content (AvgIpc) is 3.59. The summed E-state index contributed by atoms with van der Waals surface area (Å²) in [5.41, 5.74) is -6.28. The van der Waals surface area contributed by atoms with Gasteiger partial charge in [-0.2, -0.15) is 13.2 Å². The van der Waals surface area contributed by atoms with E-state index in [1.807, 2.05) is 6.92 Å². The number of esters is 1. The molecule has 302 valence electrons. The van der Waals surface area contributed by atoms with Crippen LogP contribution >= 0.6 is 0 Å². The van der Waals surface area contributed by atoms with Crippen LogP contribution in [-0.4, -0.2) is 92.5 Å². The fourth-order valence-electron chi connectivity index (χ4n) is 5.59. The highest BCUT2D eigenvalue weighted by Crippen LogP contribution is 2.39. The van der Waals surface area contributed by atoms with Crippen molar-refractivity contribution in [1.82, 2.24) is 30.5 Å². The lowest BCUT2D eigenvalue weighted by atomic mass is 9.93. The molecule has 1 heterocycles. The maximum atomic E-state index is 14.6. The Kier molecular flexibility index (Phi) is 14.4. The molecule has 0 spiro atoms. The number of aliphatic hydroxyl groups is 1. The second-order valence-corrected chi connectivity index (χ2v) is 14.7. The number of alkyl halides is 3. The normalized spacial score (nSPS) is 14.8. The van der Waals surface area contributed by atoms with Gasteiger partial charge >= 0.3 is 23.8 Å². The molecule has 3 rings (SSSR count). The number of carbonyl (C=O) groups is 4. The molecule has 0 fully saturated rings. The van der Waals surface area contributed by atoms with Gasteiger partial charge in [0.1, 0.15) is 28.6 Å². The van der Waals surface area contributed by atoms with E-state index < -0.39 is 64.6 Å². The lowest BCUT2D eigenvalue weighted by Gasteiger charge is -2.41. The fraction of sp³-hybridized carbons (Fsp3) is 0.526. The molecule has 17 heteroatoms. The molecule has 0 saturated heterocycles. The zero-order chi connectivity index (χ0) is 41.4. The summed E-state index contributed by atoms with van der Waals surface area (Å²) in [6, 6.07) is 13.8. The van der Waals surface area contributed by atoms with Crippen LogP contribution in [0, 0.1) is 5.92 Å². The van der Waals surface area contributed by atoms with Gasteiger partial charge < -0.3 is 34.9 Å². The van der Waals surface area contributed by atoms with Crippen molar-refractivity contribution in [3.8, 4) is 5.75 Å². The van der Waals surface area contributed by atoms with Gasteiger partial charge in [-0.15, -0.1) is 5.10 Å². The van der Waals surface area contributed by atoms with Gasteiger partial charge in [0, 0.05) is 6.54 Å². The van der Waals surface area contributed by atoms with Gasteiger partial charge in [-0.25, -0.2) is 9.59 Å². The number of aromatic nitrogens is 3. The summed E-state index contributed by atoms with van der Waals surface area (Å²) in [6.45, 7) is 11.5. The number of hydrogen-bond acceptors (Lipinski definition) is 10. The minimum Gasteiger partial charge on any atom is -0.497 e. The summed E-state index contributed by atoms with van der Waals surface area (Å²) in [7, 11) is 2.21. The molecule has 0 aliphatic carbocycles. The first-order chi connectivity index (χ1) is 25.6. The highest BCUT2D eigenvalue weighted by Gasteiger charge is 2.64. The molecule has 2 aromatic carbocycles. The number of amides is 3. The van der Waals surface area contributed by atoms with Crippen molar-refractivity contribution in [3.63, 3.8) is 0 Å². The molecule has 0 aliphatic rings. The Bertz CT molecular complexity index is 1760. The van der Waals surface area contributed by atoms with Crippen LogP contribution in [0.3, 0.4) is 0 Å². The summed E-state index contributed by atoms with van der Waals surface area (Å²) >= 11 is 0. The molecule has 0 bridgehead atoms. The van der Waals surface area contributed by atoms with E-state index in [0.717, 1.165) is 16.4 Å². The molecule has 14 nitrogen and oxygen atoms in total. The molecular weight excluding hydrogens is 725 g/mol. The predicted molar refractivity (Wildman–Crippen MR) is 194 cm³/mol. The Morgan fingerprint density at radius 3 is 2.07 bits per heavy atom. The zero-order valence-electron chi connectivity index (χ0n) is 32.6. The maximum Gasteiger partial charge on any atom is 0.434 e. The number of carbonyl (C=O) groups excluding carboxylic acids is 4. The van der Waals surface area contributed by atoms with Gasteiger partial charge in [-0.3, -0.25) is 14.3 Å². The predicted octanol–water partition coefficient (Wildman–Crippen LogP) is 4.68. The molecule has 1 aromatic heterocycles. The number of ether oxygens (including phenoxy) is 3. The molecule has 3 N–H and O–H groups in total. The van der Waals surface area contributed by atoms with Crippen LogP contribution in [0.25, 0.3) is 0 Å². The van der Waals surface area contributed by atoms with E-state index >= 15 is 0 Å². The fourth-order valence-corrected chi connectivity index (χ4v) is 5.59. The second-order valence-electron chi connectivity index (χ2n) is 14.7. The Labute approximate surface area is 318 Å². The number of rotatable bonds is 16. The SMILES string of the molecule is CC[C@H](C)[C@H](NC(=O)OC(C)(C)C)C(=O)N(Cc1ccc(OC)cc1)C(C)(C)C(=O)N[C@H](Cc1ccccc1)Cn1cc(C(O)(C(=O)OC)C(F)(F)F)nn1. The van der Waals surface area contributed by atoms with Gasteiger partial charge in [0.25, 0.3) is 0 Å². The maximum absolute atomic E-state index is 14.6. The quantitative estimate of drug-likeness (QED) is 0.173. The first-order valence-corrected chi connectivity index (χ1v) is 17.6. The molecule has 0 saturated carbocycles. The van der Waals surface area contributed by atoms with Crippen LogP contribution in [0.2, 0.25) is 0 Å². The smallest absolute Gasteiger partial charge is 0.434 e. The number of methoxy groups -OCH3 is 2. The number of alkyl carbamates (subject to hydrolysis) is 1. The van der Waals surface area contributed by atoms with Gasteiger partial charge in [0.15, 0.2) is 0 Å². The third-order valence-corrected chi connectivity index (χ3v) is 9.02. The van der Waals surface area contributed by atoms with Crippen molar-refractivity contribution in [2.24, 2.45) is 5.92 Å². The topological polar surface area (TPSA) is 174 Å². The minimum atomic E-state index is -5.49. The van der Waals surface area contributed by atoms with E-state index in [2.05, 4.69) is 25.7 Å². The third kappa shape index (κ3) is 11.2. The van der Waals surface area contributed by atoms with E-state index in [0.29, 0.717) is 24.8 Å². The standard InChI is InChI=1S/C38H51F3N6O8/c1-10-24(2)30(43-34(51)55-35(3,4)5)31(48)47(21-26-16-18-28(53-8)19-17-26)36(6,7)32(49)42-27(20-25-14-12-11-13-15-25)22-46-23-29(44-45-46)37(52,33(50)54-9)38(39,40)41/h11-19,23-24,27,30,52H,10,20-22H2,1-9H3,(H,42,49)(H,43,51)/t24-,27+,30-,37?/m0/s1. The summed E-state index contributed by atoms with van der Waals surface area (Å²) in [4.78, 5) is 55.5. The van der Waals surface area contributed by atoms with E-state index in [9.17, 15) is 37.5 Å². The van der Waals surface area contributed by atoms with E-state index in [1.165, 1.54) is 25.9 Å². The number of nitrogens with one attached hydrogen (secondary N) is 2. The number of nitrogens with zero attached hydrogens (tertiary/aromatic N) is 4. The highest BCUT2D eigenvalue weighted by atomic mass is 19.4. The van der Waals surface area contributed by atoms with Crippen molar-refractivity contribution in [3.05, 3.63) is 77.6 Å². The molecule has 3 aromatic rings.